The van der Waals surface area contributed by atoms with Gasteiger partial charge in [0.2, 0.25) is 0 Å². The molecule has 0 aliphatic carbocycles. The maximum absolute atomic E-state index is 13.8. The minimum absolute atomic E-state index is 0.0747. The Kier molecular flexibility index (Phi) is 7.47. The highest BCUT2D eigenvalue weighted by atomic mass is 19.1. The second-order valence-electron chi connectivity index (χ2n) is 8.30. The maximum Gasteiger partial charge on any atom is 0.270 e. The number of carbonyl (C=O) groups excluding carboxylic acids is 1. The fourth-order valence-corrected chi connectivity index (χ4v) is 4.06. The predicted octanol–water partition coefficient (Wildman–Crippen LogP) is 4.38. The molecular weight excluding hydrogens is 431 g/mol. The standard InChI is InChI=1S/C26H29FN6O/c1-29-25-20(11-13-23(32-25)33-14-6-2-3-7-15-33)24(28)19-10-12-22(30-17-19)26(34)31-16-18-8-4-5-9-21(18)27/h4-5,8-13,17,28H,2-3,6-7,14-16H2,1H3,(H,29,32)(H,31,34). The van der Waals surface area contributed by atoms with Crippen LogP contribution in [0.4, 0.5) is 16.0 Å². The van der Waals surface area contributed by atoms with E-state index in [1.165, 1.54) is 37.9 Å². The maximum atomic E-state index is 13.8. The first-order valence-corrected chi connectivity index (χ1v) is 11.6. The summed E-state index contributed by atoms with van der Waals surface area (Å²) in [5.74, 6) is 0.789. The summed E-state index contributed by atoms with van der Waals surface area (Å²) in [5.41, 5.74) is 2.12. The molecule has 1 fully saturated rings. The van der Waals surface area contributed by atoms with Crippen molar-refractivity contribution in [3.05, 3.63) is 82.9 Å². The normalized spacial score (nSPS) is 13.8. The molecule has 1 saturated heterocycles. The Morgan fingerprint density at radius 3 is 2.50 bits per heavy atom. The number of hydrogen-bond donors (Lipinski definition) is 3. The number of benzene rings is 1. The molecule has 0 atom stereocenters. The van der Waals surface area contributed by atoms with Gasteiger partial charge in [-0.1, -0.05) is 31.0 Å². The number of amides is 1. The Hall–Kier alpha value is -3.81. The van der Waals surface area contributed by atoms with Gasteiger partial charge in [-0.3, -0.25) is 15.2 Å². The lowest BCUT2D eigenvalue weighted by molar-refractivity contribution is 0.0945. The monoisotopic (exact) mass is 460 g/mol. The Bertz CT molecular complexity index is 1160. The van der Waals surface area contributed by atoms with Crippen molar-refractivity contribution in [1.29, 1.82) is 5.41 Å². The van der Waals surface area contributed by atoms with Crippen LogP contribution in [0.5, 0.6) is 0 Å². The van der Waals surface area contributed by atoms with Crippen molar-refractivity contribution in [2.45, 2.75) is 32.2 Å². The van der Waals surface area contributed by atoms with E-state index in [0.717, 1.165) is 18.9 Å². The molecule has 0 saturated carbocycles. The zero-order valence-electron chi connectivity index (χ0n) is 19.3. The minimum atomic E-state index is -0.402. The Labute approximate surface area is 199 Å². The Morgan fingerprint density at radius 1 is 1.06 bits per heavy atom. The van der Waals surface area contributed by atoms with E-state index in [4.69, 9.17) is 10.4 Å². The van der Waals surface area contributed by atoms with Crippen molar-refractivity contribution in [3.8, 4) is 0 Å². The molecule has 4 rings (SSSR count). The highest BCUT2D eigenvalue weighted by Crippen LogP contribution is 2.24. The predicted molar refractivity (Wildman–Crippen MR) is 132 cm³/mol. The van der Waals surface area contributed by atoms with Gasteiger partial charge in [0.25, 0.3) is 5.91 Å². The van der Waals surface area contributed by atoms with Gasteiger partial charge in [0.05, 0.1) is 5.71 Å². The average Bonchev–Trinajstić information content (AvgIpc) is 3.17. The zero-order valence-corrected chi connectivity index (χ0v) is 19.3. The van der Waals surface area contributed by atoms with Gasteiger partial charge in [0.1, 0.15) is 23.1 Å². The number of nitrogens with one attached hydrogen (secondary N) is 3. The van der Waals surface area contributed by atoms with Crippen LogP contribution in [0.1, 0.15) is 52.9 Å². The van der Waals surface area contributed by atoms with Crippen molar-refractivity contribution in [2.24, 2.45) is 0 Å². The van der Waals surface area contributed by atoms with Gasteiger partial charge in [0.15, 0.2) is 0 Å². The first-order chi connectivity index (χ1) is 16.6. The van der Waals surface area contributed by atoms with Crippen LogP contribution >= 0.6 is 0 Å². The fourth-order valence-electron chi connectivity index (χ4n) is 4.06. The molecule has 2 aromatic heterocycles. The molecule has 0 unspecified atom stereocenters. The third-order valence-corrected chi connectivity index (χ3v) is 6.00. The second-order valence-corrected chi connectivity index (χ2v) is 8.30. The summed E-state index contributed by atoms with van der Waals surface area (Å²) in [6, 6.07) is 13.4. The molecule has 3 N–H and O–H groups in total. The number of rotatable bonds is 7. The van der Waals surface area contributed by atoms with E-state index in [-0.39, 0.29) is 23.8 Å². The van der Waals surface area contributed by atoms with E-state index < -0.39 is 5.91 Å². The lowest BCUT2D eigenvalue weighted by Gasteiger charge is -2.23. The van der Waals surface area contributed by atoms with E-state index in [0.29, 0.717) is 22.5 Å². The van der Waals surface area contributed by atoms with Crippen LogP contribution < -0.4 is 15.5 Å². The highest BCUT2D eigenvalue weighted by Gasteiger charge is 2.17. The SMILES string of the molecule is CNc1nc(N2CCCCCC2)ccc1C(=N)c1ccc(C(=O)NCc2ccccc2F)nc1. The number of anilines is 2. The minimum Gasteiger partial charge on any atom is -0.373 e. The number of carbonyl (C=O) groups is 1. The molecule has 1 aromatic carbocycles. The van der Waals surface area contributed by atoms with Crippen molar-refractivity contribution in [3.63, 3.8) is 0 Å². The fraction of sp³-hybridized carbons (Fsp3) is 0.308. The van der Waals surface area contributed by atoms with Crippen molar-refractivity contribution in [1.82, 2.24) is 15.3 Å². The van der Waals surface area contributed by atoms with Gasteiger partial charge in [-0.2, -0.15) is 0 Å². The van der Waals surface area contributed by atoms with Crippen LogP contribution in [0.15, 0.2) is 54.7 Å². The number of nitrogens with zero attached hydrogens (tertiary/aromatic N) is 3. The molecule has 0 bridgehead atoms. The topological polar surface area (TPSA) is 94.0 Å². The van der Waals surface area contributed by atoms with Crippen LogP contribution in [0, 0.1) is 11.2 Å². The summed E-state index contributed by atoms with van der Waals surface area (Å²) in [7, 11) is 1.80. The molecule has 3 heterocycles. The summed E-state index contributed by atoms with van der Waals surface area (Å²) in [6.45, 7) is 2.07. The van der Waals surface area contributed by atoms with Gasteiger partial charge < -0.3 is 15.5 Å². The van der Waals surface area contributed by atoms with Crippen LogP contribution in [0.25, 0.3) is 0 Å². The smallest absolute Gasteiger partial charge is 0.270 e. The molecular formula is C26H29FN6O. The number of aromatic nitrogens is 2. The van der Waals surface area contributed by atoms with Crippen LogP contribution in [0.3, 0.4) is 0 Å². The number of halogens is 1. The van der Waals surface area contributed by atoms with Gasteiger partial charge >= 0.3 is 0 Å². The van der Waals surface area contributed by atoms with E-state index in [1.54, 1.807) is 37.4 Å². The van der Waals surface area contributed by atoms with E-state index in [1.807, 2.05) is 12.1 Å². The van der Waals surface area contributed by atoms with Gasteiger partial charge in [-0.25, -0.2) is 9.37 Å². The van der Waals surface area contributed by atoms with Crippen molar-refractivity contribution in [2.75, 3.05) is 30.4 Å². The van der Waals surface area contributed by atoms with E-state index in [9.17, 15) is 9.18 Å². The van der Waals surface area contributed by atoms with E-state index >= 15 is 0 Å². The third-order valence-electron chi connectivity index (χ3n) is 6.00. The zero-order chi connectivity index (χ0) is 23.9. The van der Waals surface area contributed by atoms with Gasteiger partial charge in [0, 0.05) is 49.6 Å². The molecule has 0 radical (unpaired) electrons. The molecule has 1 aliphatic rings. The summed E-state index contributed by atoms with van der Waals surface area (Å²) >= 11 is 0. The summed E-state index contributed by atoms with van der Waals surface area (Å²) in [6.07, 6.45) is 6.34. The lowest BCUT2D eigenvalue weighted by Crippen LogP contribution is -2.25. The van der Waals surface area contributed by atoms with Crippen molar-refractivity contribution < 1.29 is 9.18 Å². The Morgan fingerprint density at radius 2 is 1.82 bits per heavy atom. The molecule has 0 spiro atoms. The average molecular weight is 461 g/mol. The van der Waals surface area contributed by atoms with Crippen LogP contribution in [-0.4, -0.2) is 41.7 Å². The second kappa shape index (κ2) is 10.9. The number of pyridine rings is 2. The largest absolute Gasteiger partial charge is 0.373 e. The van der Waals surface area contributed by atoms with Crippen LogP contribution in [-0.2, 0) is 6.54 Å². The first kappa shape index (κ1) is 23.4. The van der Waals surface area contributed by atoms with Crippen molar-refractivity contribution >= 4 is 23.3 Å². The quantitative estimate of drug-likeness (QED) is 0.455. The third kappa shape index (κ3) is 5.39. The molecule has 1 aliphatic heterocycles. The highest BCUT2D eigenvalue weighted by molar-refractivity contribution is 6.13. The first-order valence-electron chi connectivity index (χ1n) is 11.6. The van der Waals surface area contributed by atoms with Crippen LogP contribution in [0.2, 0.25) is 0 Å². The lowest BCUT2D eigenvalue weighted by atomic mass is 10.0. The van der Waals surface area contributed by atoms with Gasteiger partial charge in [-0.05, 0) is 43.2 Å². The summed E-state index contributed by atoms with van der Waals surface area (Å²) < 4.78 is 13.8. The molecule has 1 amide bonds. The van der Waals surface area contributed by atoms with E-state index in [2.05, 4.69) is 20.5 Å². The molecule has 8 heteroatoms. The number of hydrogen-bond acceptors (Lipinski definition) is 6. The molecule has 176 valence electrons. The van der Waals surface area contributed by atoms with Gasteiger partial charge in [-0.15, -0.1) is 0 Å². The summed E-state index contributed by atoms with van der Waals surface area (Å²) in [5, 5.41) is 14.5. The summed E-state index contributed by atoms with van der Waals surface area (Å²) in [4.78, 5) is 23.7. The molecule has 3 aromatic rings. The molecule has 7 nitrogen and oxygen atoms in total. The molecule has 34 heavy (non-hydrogen) atoms. The Balaban J connectivity index is 1.45.